The van der Waals surface area contributed by atoms with Crippen LogP contribution in [0.4, 0.5) is 10.1 Å². The van der Waals surface area contributed by atoms with Crippen LogP contribution in [0.2, 0.25) is 0 Å². The van der Waals surface area contributed by atoms with E-state index >= 15 is 0 Å². The van der Waals surface area contributed by atoms with Crippen molar-refractivity contribution < 1.29 is 22.4 Å². The van der Waals surface area contributed by atoms with Gasteiger partial charge in [-0.05, 0) is 69.2 Å². The van der Waals surface area contributed by atoms with Crippen molar-refractivity contribution in [2.24, 2.45) is 0 Å². The van der Waals surface area contributed by atoms with Crippen molar-refractivity contribution in [1.29, 1.82) is 0 Å². The van der Waals surface area contributed by atoms with Crippen LogP contribution in [0.1, 0.15) is 38.3 Å². The van der Waals surface area contributed by atoms with Gasteiger partial charge < -0.3 is 10.2 Å². The summed E-state index contributed by atoms with van der Waals surface area (Å²) in [6, 6.07) is 17.7. The van der Waals surface area contributed by atoms with Crippen LogP contribution >= 0.6 is 15.9 Å². The molecule has 3 rings (SSSR count). The van der Waals surface area contributed by atoms with Crippen LogP contribution in [0.15, 0.2) is 82.2 Å². The molecule has 0 aliphatic carbocycles. The summed E-state index contributed by atoms with van der Waals surface area (Å²) in [5, 5.41) is 2.88. The lowest BCUT2D eigenvalue weighted by Crippen LogP contribution is -2.52. The maximum Gasteiger partial charge on any atom is 0.264 e. The Labute approximate surface area is 238 Å². The number of carbonyl (C=O) groups is 2. The molecule has 0 bridgehead atoms. The van der Waals surface area contributed by atoms with Gasteiger partial charge in [-0.25, -0.2) is 12.8 Å². The van der Waals surface area contributed by atoms with E-state index in [1.165, 1.54) is 35.2 Å². The normalized spacial score (nSPS) is 12.9. The fraction of sp³-hybridized carbons (Fsp3) is 0.310. The average molecular weight is 619 g/mol. The summed E-state index contributed by atoms with van der Waals surface area (Å²) in [6.45, 7) is 6.56. The van der Waals surface area contributed by atoms with Crippen molar-refractivity contribution in [3.63, 3.8) is 0 Å². The topological polar surface area (TPSA) is 86.8 Å². The van der Waals surface area contributed by atoms with Crippen LogP contribution in [0.25, 0.3) is 0 Å². The molecule has 3 aromatic carbocycles. The first-order chi connectivity index (χ1) is 18.4. The molecular weight excluding hydrogens is 585 g/mol. The predicted octanol–water partition coefficient (Wildman–Crippen LogP) is 5.42. The standard InChI is InChI=1S/C29H33BrFN3O4S/c1-5-21(3)32-29(36)22(4)33(18-23-12-14-24(30)15-13-23)28(35)19-34(27-9-7-6-8-26(27)31)39(37,38)25-16-10-20(2)11-17-25/h6-17,21-22H,5,18-19H2,1-4H3,(H,32,36)/t21-,22+/m0/s1. The van der Waals surface area contributed by atoms with E-state index < -0.39 is 34.3 Å². The number of hydrogen-bond acceptors (Lipinski definition) is 4. The molecule has 0 aliphatic rings. The van der Waals surface area contributed by atoms with Crippen molar-refractivity contribution in [3.05, 3.63) is 94.2 Å². The monoisotopic (exact) mass is 617 g/mol. The second kappa shape index (κ2) is 13.2. The Bertz CT molecular complexity index is 1400. The Balaban J connectivity index is 2.03. The molecule has 10 heteroatoms. The molecule has 0 radical (unpaired) electrons. The Hall–Kier alpha value is -3.24. The highest BCUT2D eigenvalue weighted by molar-refractivity contribution is 9.10. The van der Waals surface area contributed by atoms with Crippen LogP contribution in [-0.4, -0.2) is 43.8 Å². The number of aryl methyl sites for hydroxylation is 1. The number of halogens is 2. The van der Waals surface area contributed by atoms with Gasteiger partial charge >= 0.3 is 0 Å². The van der Waals surface area contributed by atoms with Gasteiger partial charge in [0.2, 0.25) is 11.8 Å². The molecule has 7 nitrogen and oxygen atoms in total. The zero-order valence-corrected chi connectivity index (χ0v) is 24.8. The maximum atomic E-state index is 15.0. The molecule has 0 spiro atoms. The Morgan fingerprint density at radius 2 is 1.59 bits per heavy atom. The summed E-state index contributed by atoms with van der Waals surface area (Å²) >= 11 is 3.39. The third kappa shape index (κ3) is 7.67. The van der Waals surface area contributed by atoms with Crippen LogP contribution in [0, 0.1) is 12.7 Å². The fourth-order valence-corrected chi connectivity index (χ4v) is 5.53. The highest BCUT2D eigenvalue weighted by Gasteiger charge is 2.33. The molecule has 2 atom stereocenters. The molecule has 208 valence electrons. The van der Waals surface area contributed by atoms with Crippen molar-refractivity contribution in [3.8, 4) is 0 Å². The van der Waals surface area contributed by atoms with E-state index in [2.05, 4.69) is 21.2 Å². The number of para-hydroxylation sites is 1. The molecule has 0 saturated carbocycles. The van der Waals surface area contributed by atoms with Crippen molar-refractivity contribution in [2.45, 2.75) is 57.6 Å². The number of hydrogen-bond donors (Lipinski definition) is 1. The molecule has 0 aliphatic heterocycles. The van der Waals surface area contributed by atoms with Gasteiger partial charge in [0.15, 0.2) is 0 Å². The van der Waals surface area contributed by atoms with Gasteiger partial charge in [0, 0.05) is 17.1 Å². The van der Waals surface area contributed by atoms with Gasteiger partial charge in [0.1, 0.15) is 18.4 Å². The zero-order chi connectivity index (χ0) is 28.7. The Morgan fingerprint density at radius 1 is 0.974 bits per heavy atom. The Morgan fingerprint density at radius 3 is 2.18 bits per heavy atom. The zero-order valence-electron chi connectivity index (χ0n) is 22.4. The van der Waals surface area contributed by atoms with Gasteiger partial charge in [0.25, 0.3) is 10.0 Å². The van der Waals surface area contributed by atoms with Gasteiger partial charge in [-0.2, -0.15) is 0 Å². The predicted molar refractivity (Wildman–Crippen MR) is 154 cm³/mol. The third-order valence-corrected chi connectivity index (χ3v) is 8.75. The summed E-state index contributed by atoms with van der Waals surface area (Å²) in [7, 11) is -4.33. The summed E-state index contributed by atoms with van der Waals surface area (Å²) < 4.78 is 44.1. The van der Waals surface area contributed by atoms with Crippen molar-refractivity contribution in [1.82, 2.24) is 10.2 Å². The van der Waals surface area contributed by atoms with Crippen LogP contribution < -0.4 is 9.62 Å². The SMILES string of the molecule is CC[C@H](C)NC(=O)[C@@H](C)N(Cc1ccc(Br)cc1)C(=O)CN(c1ccccc1F)S(=O)(=O)c1ccc(C)cc1. The molecule has 2 amide bonds. The average Bonchev–Trinajstić information content (AvgIpc) is 2.91. The minimum Gasteiger partial charge on any atom is -0.352 e. The van der Waals surface area contributed by atoms with Crippen LogP contribution in [0.3, 0.4) is 0 Å². The highest BCUT2D eigenvalue weighted by atomic mass is 79.9. The molecule has 0 aromatic heterocycles. The van der Waals surface area contributed by atoms with Crippen LogP contribution in [0.5, 0.6) is 0 Å². The second-order valence-corrected chi connectivity index (χ2v) is 12.2. The number of amides is 2. The lowest BCUT2D eigenvalue weighted by Gasteiger charge is -2.32. The van der Waals surface area contributed by atoms with Crippen molar-refractivity contribution in [2.75, 3.05) is 10.8 Å². The molecule has 3 aromatic rings. The maximum absolute atomic E-state index is 15.0. The Kier molecular flexibility index (Phi) is 10.3. The first-order valence-electron chi connectivity index (χ1n) is 12.6. The highest BCUT2D eigenvalue weighted by Crippen LogP contribution is 2.27. The van der Waals surface area contributed by atoms with E-state index in [0.717, 1.165) is 26.0 Å². The molecule has 0 fully saturated rings. The number of rotatable bonds is 11. The molecule has 39 heavy (non-hydrogen) atoms. The first kappa shape index (κ1) is 30.3. The van der Waals surface area contributed by atoms with Gasteiger partial charge in [0.05, 0.1) is 10.6 Å². The third-order valence-electron chi connectivity index (χ3n) is 6.44. The van der Waals surface area contributed by atoms with Crippen molar-refractivity contribution >= 4 is 43.5 Å². The number of sulfonamides is 1. The summed E-state index contributed by atoms with van der Waals surface area (Å²) in [5.74, 6) is -1.81. The summed E-state index contributed by atoms with van der Waals surface area (Å²) in [5.41, 5.74) is 1.34. The van der Waals surface area contributed by atoms with Gasteiger partial charge in [-0.15, -0.1) is 0 Å². The number of carbonyl (C=O) groups excluding carboxylic acids is 2. The quantitative estimate of drug-likeness (QED) is 0.311. The minimum absolute atomic E-state index is 0.0525. The van der Waals surface area contributed by atoms with E-state index in [4.69, 9.17) is 0 Å². The number of nitrogens with zero attached hydrogens (tertiary/aromatic N) is 2. The van der Waals surface area contributed by atoms with E-state index in [1.54, 1.807) is 31.2 Å². The lowest BCUT2D eigenvalue weighted by molar-refractivity contribution is -0.139. The van der Waals surface area contributed by atoms with E-state index in [0.29, 0.717) is 6.42 Å². The first-order valence-corrected chi connectivity index (χ1v) is 14.9. The fourth-order valence-electron chi connectivity index (χ4n) is 3.84. The molecule has 0 heterocycles. The molecule has 0 unspecified atom stereocenters. The smallest absolute Gasteiger partial charge is 0.264 e. The number of benzene rings is 3. The van der Waals surface area contributed by atoms with Gasteiger partial charge in [-0.3, -0.25) is 13.9 Å². The summed E-state index contributed by atoms with van der Waals surface area (Å²) in [4.78, 5) is 28.2. The lowest BCUT2D eigenvalue weighted by atomic mass is 10.1. The number of nitrogens with one attached hydrogen (secondary N) is 1. The van der Waals surface area contributed by atoms with E-state index in [-0.39, 0.29) is 29.1 Å². The molecule has 0 saturated heterocycles. The largest absolute Gasteiger partial charge is 0.352 e. The van der Waals surface area contributed by atoms with E-state index in [1.807, 2.05) is 32.9 Å². The van der Waals surface area contributed by atoms with Gasteiger partial charge in [-0.1, -0.05) is 64.8 Å². The summed E-state index contributed by atoms with van der Waals surface area (Å²) in [6.07, 6.45) is 0.703. The molecular formula is C29H33BrFN3O4S. The minimum atomic E-state index is -4.33. The molecule has 1 N–H and O–H groups in total. The second-order valence-electron chi connectivity index (χ2n) is 9.42. The van der Waals surface area contributed by atoms with E-state index in [9.17, 15) is 22.4 Å². The van der Waals surface area contributed by atoms with Crippen LogP contribution in [-0.2, 0) is 26.2 Å². The number of anilines is 1.